The van der Waals surface area contributed by atoms with Crippen LogP contribution < -0.4 is 5.32 Å². The van der Waals surface area contributed by atoms with Crippen molar-refractivity contribution >= 4 is 40.1 Å². The summed E-state index contributed by atoms with van der Waals surface area (Å²) in [5.74, 6) is 0.992. The average molecular weight is 409 g/mol. The fourth-order valence-corrected chi connectivity index (χ4v) is 4.48. The second-order valence-corrected chi connectivity index (χ2v) is 8.42. The highest BCUT2D eigenvalue weighted by atomic mass is 32.1. The van der Waals surface area contributed by atoms with Crippen LogP contribution in [0.2, 0.25) is 0 Å². The molecule has 150 valence electrons. The molecule has 1 saturated carbocycles. The van der Waals surface area contributed by atoms with E-state index in [1.165, 1.54) is 17.4 Å². The molecule has 7 heteroatoms. The lowest BCUT2D eigenvalue weighted by Crippen LogP contribution is -2.33. The van der Waals surface area contributed by atoms with Gasteiger partial charge in [-0.25, -0.2) is 4.98 Å². The molecule has 0 bridgehead atoms. The Morgan fingerprint density at radius 3 is 2.83 bits per heavy atom. The molecule has 29 heavy (non-hydrogen) atoms. The summed E-state index contributed by atoms with van der Waals surface area (Å²) in [6.07, 6.45) is 4.34. The number of carbonyl (C=O) groups excluding carboxylic acids is 2. The Morgan fingerprint density at radius 2 is 2.10 bits per heavy atom. The predicted octanol–water partition coefficient (Wildman–Crippen LogP) is 4.34. The SMILES string of the molecule is C=CC(=O)N(C)CCC1CC(n2c(NC(=O)c3cccs3)nc3ccccc32)C1. The van der Waals surface area contributed by atoms with Crippen molar-refractivity contribution in [3.63, 3.8) is 0 Å². The molecule has 1 aromatic carbocycles. The molecule has 0 aliphatic heterocycles. The molecule has 3 aromatic rings. The van der Waals surface area contributed by atoms with Crippen molar-refractivity contribution in [1.29, 1.82) is 0 Å². The monoisotopic (exact) mass is 408 g/mol. The number of amides is 2. The molecular weight excluding hydrogens is 384 g/mol. The highest BCUT2D eigenvalue weighted by molar-refractivity contribution is 7.12. The Labute approximate surface area is 173 Å². The lowest BCUT2D eigenvalue weighted by molar-refractivity contribution is -0.125. The van der Waals surface area contributed by atoms with E-state index in [0.717, 1.165) is 36.8 Å². The summed E-state index contributed by atoms with van der Waals surface area (Å²) >= 11 is 1.42. The zero-order chi connectivity index (χ0) is 20.4. The van der Waals surface area contributed by atoms with Gasteiger partial charge in [-0.15, -0.1) is 11.3 Å². The van der Waals surface area contributed by atoms with Gasteiger partial charge in [-0.05, 0) is 54.8 Å². The van der Waals surface area contributed by atoms with Crippen molar-refractivity contribution in [2.75, 3.05) is 18.9 Å². The third kappa shape index (κ3) is 3.96. The number of thiophene rings is 1. The molecule has 1 aliphatic rings. The first-order valence-corrected chi connectivity index (χ1v) is 10.6. The van der Waals surface area contributed by atoms with Gasteiger partial charge in [-0.2, -0.15) is 0 Å². The summed E-state index contributed by atoms with van der Waals surface area (Å²) in [7, 11) is 1.81. The van der Waals surface area contributed by atoms with Crippen molar-refractivity contribution < 1.29 is 9.59 Å². The number of likely N-dealkylation sites (N-methyl/N-ethyl adjacent to an activating group) is 1. The maximum Gasteiger partial charge on any atom is 0.268 e. The Hall–Kier alpha value is -2.93. The highest BCUT2D eigenvalue weighted by Gasteiger charge is 2.33. The lowest BCUT2D eigenvalue weighted by Gasteiger charge is -2.38. The standard InChI is InChI=1S/C22H24N4O2S/c1-3-20(27)25(2)11-10-15-13-16(14-15)26-18-8-5-4-7-17(18)23-22(26)24-21(28)19-9-6-12-29-19/h3-9,12,15-16H,1,10-11,13-14H2,2H3,(H,23,24,28). The van der Waals surface area contributed by atoms with Gasteiger partial charge in [0.05, 0.1) is 15.9 Å². The molecule has 1 aliphatic carbocycles. The van der Waals surface area contributed by atoms with Crippen LogP contribution >= 0.6 is 11.3 Å². The Bertz CT molecular complexity index is 1030. The number of fused-ring (bicyclic) bond motifs is 1. The Kier molecular flexibility index (Phi) is 5.49. The van der Waals surface area contributed by atoms with Crippen molar-refractivity contribution in [3.05, 3.63) is 59.3 Å². The van der Waals surface area contributed by atoms with E-state index in [4.69, 9.17) is 0 Å². The van der Waals surface area contributed by atoms with Gasteiger partial charge in [0.2, 0.25) is 11.9 Å². The van der Waals surface area contributed by atoms with Gasteiger partial charge in [0.15, 0.2) is 0 Å². The summed E-state index contributed by atoms with van der Waals surface area (Å²) in [5.41, 5.74) is 1.92. The summed E-state index contributed by atoms with van der Waals surface area (Å²) in [6.45, 7) is 4.27. The van der Waals surface area contributed by atoms with Crippen molar-refractivity contribution in [2.24, 2.45) is 5.92 Å². The fraction of sp³-hybridized carbons (Fsp3) is 0.318. The minimum atomic E-state index is -0.128. The van der Waals surface area contributed by atoms with E-state index >= 15 is 0 Å². The number of hydrogen-bond acceptors (Lipinski definition) is 4. The molecule has 4 rings (SSSR count). The minimum Gasteiger partial charge on any atom is -0.342 e. The van der Waals surface area contributed by atoms with Crippen LogP contribution in [0.1, 0.15) is 35.0 Å². The average Bonchev–Trinajstić information content (AvgIpc) is 3.34. The lowest BCUT2D eigenvalue weighted by atomic mass is 9.78. The third-order valence-electron chi connectivity index (χ3n) is 5.57. The number of nitrogens with zero attached hydrogens (tertiary/aromatic N) is 3. The molecular formula is C22H24N4O2S. The molecule has 2 amide bonds. The van der Waals surface area contributed by atoms with E-state index in [2.05, 4.69) is 21.4 Å². The molecule has 0 saturated heterocycles. The molecule has 2 aromatic heterocycles. The predicted molar refractivity (Wildman–Crippen MR) is 116 cm³/mol. The van der Waals surface area contributed by atoms with E-state index in [-0.39, 0.29) is 11.8 Å². The number of anilines is 1. The summed E-state index contributed by atoms with van der Waals surface area (Å²) in [6, 6.07) is 12.0. The number of aromatic nitrogens is 2. The summed E-state index contributed by atoms with van der Waals surface area (Å²) in [4.78, 5) is 31.2. The fourth-order valence-electron chi connectivity index (χ4n) is 3.86. The number of para-hydroxylation sites is 2. The van der Waals surface area contributed by atoms with Crippen molar-refractivity contribution in [3.8, 4) is 0 Å². The normalized spacial score (nSPS) is 18.2. The maximum atomic E-state index is 12.6. The number of rotatable bonds is 7. The van der Waals surface area contributed by atoms with Crippen LogP contribution in [0.25, 0.3) is 11.0 Å². The Morgan fingerprint density at radius 1 is 1.31 bits per heavy atom. The molecule has 0 unspecified atom stereocenters. The van der Waals surface area contributed by atoms with Gasteiger partial charge in [0.25, 0.3) is 5.91 Å². The third-order valence-corrected chi connectivity index (χ3v) is 6.43. The molecule has 1 N–H and O–H groups in total. The zero-order valence-electron chi connectivity index (χ0n) is 16.4. The molecule has 0 radical (unpaired) electrons. The summed E-state index contributed by atoms with van der Waals surface area (Å²) < 4.78 is 2.16. The van der Waals surface area contributed by atoms with Crippen LogP contribution in [0, 0.1) is 5.92 Å². The highest BCUT2D eigenvalue weighted by Crippen LogP contribution is 2.43. The van der Waals surface area contributed by atoms with Gasteiger partial charge in [-0.3, -0.25) is 14.9 Å². The molecule has 1 fully saturated rings. The first-order valence-electron chi connectivity index (χ1n) is 9.76. The van der Waals surface area contributed by atoms with E-state index in [1.54, 1.807) is 4.90 Å². The van der Waals surface area contributed by atoms with E-state index in [9.17, 15) is 9.59 Å². The summed E-state index contributed by atoms with van der Waals surface area (Å²) in [5, 5.41) is 4.89. The topological polar surface area (TPSA) is 67.2 Å². The zero-order valence-corrected chi connectivity index (χ0v) is 17.2. The molecule has 0 atom stereocenters. The van der Waals surface area contributed by atoms with E-state index in [0.29, 0.717) is 22.8 Å². The smallest absolute Gasteiger partial charge is 0.268 e. The van der Waals surface area contributed by atoms with Gasteiger partial charge >= 0.3 is 0 Å². The van der Waals surface area contributed by atoms with Crippen LogP contribution in [-0.2, 0) is 4.79 Å². The first-order chi connectivity index (χ1) is 14.1. The van der Waals surface area contributed by atoms with Gasteiger partial charge in [-0.1, -0.05) is 24.8 Å². The van der Waals surface area contributed by atoms with Crippen LogP contribution in [0.3, 0.4) is 0 Å². The number of imidazole rings is 1. The van der Waals surface area contributed by atoms with Crippen molar-refractivity contribution in [1.82, 2.24) is 14.5 Å². The van der Waals surface area contributed by atoms with Crippen LogP contribution in [0.15, 0.2) is 54.4 Å². The molecule has 6 nitrogen and oxygen atoms in total. The van der Waals surface area contributed by atoms with E-state index < -0.39 is 0 Å². The maximum absolute atomic E-state index is 12.6. The number of benzene rings is 1. The van der Waals surface area contributed by atoms with Gasteiger partial charge < -0.3 is 9.47 Å². The van der Waals surface area contributed by atoms with Crippen LogP contribution in [0.5, 0.6) is 0 Å². The van der Waals surface area contributed by atoms with Crippen LogP contribution in [0.4, 0.5) is 5.95 Å². The van der Waals surface area contributed by atoms with Gasteiger partial charge in [0, 0.05) is 19.6 Å². The Balaban J connectivity index is 1.48. The largest absolute Gasteiger partial charge is 0.342 e. The second kappa shape index (κ2) is 8.21. The quantitative estimate of drug-likeness (QED) is 0.592. The molecule has 0 spiro atoms. The number of nitrogens with one attached hydrogen (secondary N) is 1. The minimum absolute atomic E-state index is 0.0416. The van der Waals surface area contributed by atoms with Crippen molar-refractivity contribution in [2.45, 2.75) is 25.3 Å². The number of hydrogen-bond donors (Lipinski definition) is 1. The number of carbonyl (C=O) groups is 2. The van der Waals surface area contributed by atoms with Crippen LogP contribution in [-0.4, -0.2) is 39.9 Å². The van der Waals surface area contributed by atoms with E-state index in [1.807, 2.05) is 48.8 Å². The first kappa shape index (κ1) is 19.4. The second-order valence-electron chi connectivity index (χ2n) is 7.47. The molecule has 2 heterocycles. The van der Waals surface area contributed by atoms with Gasteiger partial charge in [0.1, 0.15) is 0 Å².